The van der Waals surface area contributed by atoms with Crippen LogP contribution in [0.2, 0.25) is 5.02 Å². The van der Waals surface area contributed by atoms with E-state index in [1.807, 2.05) is 18.2 Å². The van der Waals surface area contributed by atoms with Gasteiger partial charge in [0.25, 0.3) is 0 Å². The van der Waals surface area contributed by atoms with Crippen LogP contribution in [0.4, 0.5) is 0 Å². The normalized spacial score (nSPS) is 26.1. The first-order chi connectivity index (χ1) is 8.93. The molecule has 0 aromatic heterocycles. The van der Waals surface area contributed by atoms with Gasteiger partial charge in [-0.2, -0.15) is 0 Å². The maximum Gasteiger partial charge on any atom is 0.125 e. The van der Waals surface area contributed by atoms with Gasteiger partial charge in [-0.15, -0.1) is 0 Å². The van der Waals surface area contributed by atoms with Gasteiger partial charge in [-0.25, -0.2) is 0 Å². The van der Waals surface area contributed by atoms with Crippen LogP contribution in [0, 0.1) is 5.92 Å². The van der Waals surface area contributed by atoms with E-state index < -0.39 is 0 Å². The molecule has 2 rings (SSSR count). The number of nitrogens with one attached hydrogen (secondary N) is 1. The lowest BCUT2D eigenvalue weighted by molar-refractivity contribution is 0.0289. The molecule has 106 valence electrons. The highest BCUT2D eigenvalue weighted by molar-refractivity contribution is 6.30. The Morgan fingerprint density at radius 3 is 2.84 bits per heavy atom. The third-order valence-corrected chi connectivity index (χ3v) is 3.87. The van der Waals surface area contributed by atoms with Crippen molar-refractivity contribution in [3.63, 3.8) is 0 Å². The van der Waals surface area contributed by atoms with Crippen LogP contribution in [0.3, 0.4) is 0 Å². The number of ether oxygens (including phenoxy) is 1. The van der Waals surface area contributed by atoms with Crippen LogP contribution in [0.25, 0.3) is 0 Å². The second-order valence-corrected chi connectivity index (χ2v) is 6.58. The maximum absolute atomic E-state index is 6.26. The SMILES string of the molecule is CCNC1CC(C)(CC(C)C)Oc2ccc(Cl)cc21. The second kappa shape index (κ2) is 5.72. The summed E-state index contributed by atoms with van der Waals surface area (Å²) in [6.07, 6.45) is 2.06. The van der Waals surface area contributed by atoms with Crippen LogP contribution in [0.1, 0.15) is 52.1 Å². The summed E-state index contributed by atoms with van der Waals surface area (Å²) in [7, 11) is 0. The van der Waals surface area contributed by atoms with Crippen LogP contribution in [-0.2, 0) is 0 Å². The maximum atomic E-state index is 6.26. The number of rotatable bonds is 4. The standard InChI is InChI=1S/C16H24ClNO/c1-5-18-14-10-16(4,9-11(2)3)19-15-7-6-12(17)8-13(14)15/h6-8,11,14,18H,5,9-10H2,1-4H3. The molecule has 0 spiro atoms. The van der Waals surface area contributed by atoms with Crippen molar-refractivity contribution in [2.24, 2.45) is 5.92 Å². The topological polar surface area (TPSA) is 21.3 Å². The summed E-state index contributed by atoms with van der Waals surface area (Å²) < 4.78 is 6.26. The van der Waals surface area contributed by atoms with Gasteiger partial charge in [0.2, 0.25) is 0 Å². The van der Waals surface area contributed by atoms with Gasteiger partial charge in [-0.3, -0.25) is 0 Å². The summed E-state index contributed by atoms with van der Waals surface area (Å²) in [5.74, 6) is 1.60. The third-order valence-electron chi connectivity index (χ3n) is 3.63. The molecule has 3 heteroatoms. The Morgan fingerprint density at radius 2 is 2.21 bits per heavy atom. The molecule has 0 bridgehead atoms. The molecule has 2 unspecified atom stereocenters. The summed E-state index contributed by atoms with van der Waals surface area (Å²) in [5, 5.41) is 4.33. The monoisotopic (exact) mass is 281 g/mol. The highest BCUT2D eigenvalue weighted by Gasteiger charge is 2.37. The first kappa shape index (κ1) is 14.7. The smallest absolute Gasteiger partial charge is 0.125 e. The lowest BCUT2D eigenvalue weighted by Crippen LogP contribution is -2.42. The molecule has 0 fully saturated rings. The molecule has 1 aliphatic heterocycles. The van der Waals surface area contributed by atoms with Gasteiger partial charge in [-0.1, -0.05) is 32.4 Å². The zero-order valence-electron chi connectivity index (χ0n) is 12.3. The van der Waals surface area contributed by atoms with Gasteiger partial charge in [-0.05, 0) is 44.0 Å². The lowest BCUT2D eigenvalue weighted by Gasteiger charge is -2.41. The van der Waals surface area contributed by atoms with Gasteiger partial charge in [0.1, 0.15) is 11.4 Å². The van der Waals surface area contributed by atoms with Crippen molar-refractivity contribution in [1.29, 1.82) is 0 Å². The number of benzene rings is 1. The number of hydrogen-bond acceptors (Lipinski definition) is 2. The van der Waals surface area contributed by atoms with E-state index in [4.69, 9.17) is 16.3 Å². The molecule has 0 saturated heterocycles. The molecule has 1 heterocycles. The fourth-order valence-electron chi connectivity index (χ4n) is 3.15. The Hall–Kier alpha value is -0.730. The minimum absolute atomic E-state index is 0.0954. The summed E-state index contributed by atoms with van der Waals surface area (Å²) in [6.45, 7) is 9.80. The van der Waals surface area contributed by atoms with E-state index in [-0.39, 0.29) is 5.60 Å². The van der Waals surface area contributed by atoms with Crippen molar-refractivity contribution in [3.05, 3.63) is 28.8 Å². The molecular formula is C16H24ClNO. The molecule has 19 heavy (non-hydrogen) atoms. The van der Waals surface area contributed by atoms with Crippen molar-refractivity contribution >= 4 is 11.6 Å². The van der Waals surface area contributed by atoms with E-state index >= 15 is 0 Å². The Morgan fingerprint density at radius 1 is 1.47 bits per heavy atom. The van der Waals surface area contributed by atoms with E-state index in [1.54, 1.807) is 0 Å². The van der Waals surface area contributed by atoms with Crippen molar-refractivity contribution in [2.45, 2.75) is 52.2 Å². The Bertz CT molecular complexity index is 446. The molecule has 2 atom stereocenters. The minimum atomic E-state index is -0.0954. The molecule has 1 aromatic rings. The summed E-state index contributed by atoms with van der Waals surface area (Å²) in [4.78, 5) is 0. The summed E-state index contributed by atoms with van der Waals surface area (Å²) >= 11 is 6.11. The number of hydrogen-bond donors (Lipinski definition) is 1. The highest BCUT2D eigenvalue weighted by atomic mass is 35.5. The van der Waals surface area contributed by atoms with Crippen molar-refractivity contribution < 1.29 is 4.74 Å². The zero-order valence-corrected chi connectivity index (χ0v) is 13.1. The first-order valence-electron chi connectivity index (χ1n) is 7.15. The average molecular weight is 282 g/mol. The largest absolute Gasteiger partial charge is 0.487 e. The summed E-state index contributed by atoms with van der Waals surface area (Å²) in [5.41, 5.74) is 1.09. The first-order valence-corrected chi connectivity index (χ1v) is 7.53. The van der Waals surface area contributed by atoms with Crippen LogP contribution in [0.5, 0.6) is 5.75 Å². The number of halogens is 1. The predicted molar refractivity (Wildman–Crippen MR) is 81.0 cm³/mol. The molecule has 1 aromatic carbocycles. The van der Waals surface area contributed by atoms with E-state index in [0.717, 1.165) is 30.2 Å². The lowest BCUT2D eigenvalue weighted by atomic mass is 9.83. The van der Waals surface area contributed by atoms with Gasteiger partial charge in [0.15, 0.2) is 0 Å². The van der Waals surface area contributed by atoms with Crippen LogP contribution < -0.4 is 10.1 Å². The van der Waals surface area contributed by atoms with Crippen molar-refractivity contribution in [3.8, 4) is 5.75 Å². The Balaban J connectivity index is 2.32. The molecule has 1 N–H and O–H groups in total. The van der Waals surface area contributed by atoms with Gasteiger partial charge < -0.3 is 10.1 Å². The van der Waals surface area contributed by atoms with Crippen LogP contribution in [-0.4, -0.2) is 12.1 Å². The fourth-order valence-corrected chi connectivity index (χ4v) is 3.33. The molecule has 1 aliphatic rings. The summed E-state index contributed by atoms with van der Waals surface area (Å²) in [6, 6.07) is 6.26. The number of fused-ring (bicyclic) bond motifs is 1. The van der Waals surface area contributed by atoms with E-state index in [1.165, 1.54) is 5.56 Å². The van der Waals surface area contributed by atoms with Crippen molar-refractivity contribution in [1.82, 2.24) is 5.32 Å². The molecule has 0 saturated carbocycles. The predicted octanol–water partition coefficient (Wildman–Crippen LogP) is 4.58. The Labute approximate surface area is 121 Å². The van der Waals surface area contributed by atoms with E-state index in [2.05, 4.69) is 33.0 Å². The van der Waals surface area contributed by atoms with E-state index in [0.29, 0.717) is 12.0 Å². The second-order valence-electron chi connectivity index (χ2n) is 6.15. The van der Waals surface area contributed by atoms with E-state index in [9.17, 15) is 0 Å². The fraction of sp³-hybridized carbons (Fsp3) is 0.625. The highest BCUT2D eigenvalue weighted by Crippen LogP contribution is 2.43. The zero-order chi connectivity index (χ0) is 14.0. The molecular weight excluding hydrogens is 258 g/mol. The Kier molecular flexibility index (Phi) is 4.42. The minimum Gasteiger partial charge on any atom is -0.487 e. The molecule has 0 radical (unpaired) electrons. The van der Waals surface area contributed by atoms with Gasteiger partial charge in [0, 0.05) is 23.0 Å². The molecule has 2 nitrogen and oxygen atoms in total. The average Bonchev–Trinajstić information content (AvgIpc) is 2.29. The third kappa shape index (κ3) is 3.43. The van der Waals surface area contributed by atoms with Gasteiger partial charge >= 0.3 is 0 Å². The van der Waals surface area contributed by atoms with Crippen LogP contribution >= 0.6 is 11.6 Å². The van der Waals surface area contributed by atoms with Crippen LogP contribution in [0.15, 0.2) is 18.2 Å². The van der Waals surface area contributed by atoms with Crippen molar-refractivity contribution in [2.75, 3.05) is 6.54 Å². The molecule has 0 aliphatic carbocycles. The van der Waals surface area contributed by atoms with Gasteiger partial charge in [0.05, 0.1) is 0 Å². The molecule has 0 amide bonds. The quantitative estimate of drug-likeness (QED) is 0.872.